The van der Waals surface area contributed by atoms with Gasteiger partial charge in [-0.15, -0.1) is 0 Å². The second kappa shape index (κ2) is 6.51. The molecule has 24 heavy (non-hydrogen) atoms. The fourth-order valence-corrected chi connectivity index (χ4v) is 3.22. The van der Waals surface area contributed by atoms with Gasteiger partial charge in [0.15, 0.2) is 0 Å². The molecule has 3 rings (SSSR count). The highest BCUT2D eigenvalue weighted by Gasteiger charge is 2.30. The third-order valence-corrected chi connectivity index (χ3v) is 4.31. The van der Waals surface area contributed by atoms with E-state index < -0.39 is 0 Å². The van der Waals surface area contributed by atoms with Crippen molar-refractivity contribution in [3.8, 4) is 5.75 Å². The molecule has 0 N–H and O–H groups in total. The van der Waals surface area contributed by atoms with Crippen LogP contribution in [0.4, 0.5) is 11.5 Å². The molecule has 128 valence electrons. The summed E-state index contributed by atoms with van der Waals surface area (Å²) >= 11 is 0. The number of aromatic nitrogens is 2. The smallest absolute Gasteiger partial charge is 0.333 e. The maximum atomic E-state index is 11.4. The molecule has 2 heterocycles. The molecule has 0 radical (unpaired) electrons. The van der Waals surface area contributed by atoms with E-state index in [2.05, 4.69) is 24.2 Å². The first-order valence-electron chi connectivity index (χ1n) is 8.18. The van der Waals surface area contributed by atoms with Crippen molar-refractivity contribution in [2.75, 3.05) is 18.1 Å². The fraction of sp³-hybridized carbons (Fsp3) is 0.471. The summed E-state index contributed by atoms with van der Waals surface area (Å²) in [5.74, 6) is 1.47. The van der Waals surface area contributed by atoms with E-state index in [9.17, 15) is 10.1 Å². The van der Waals surface area contributed by atoms with Gasteiger partial charge in [0.2, 0.25) is 5.82 Å². The monoisotopic (exact) mass is 330 g/mol. The third kappa shape index (κ3) is 2.93. The Hall–Kier alpha value is -2.57. The van der Waals surface area contributed by atoms with Crippen molar-refractivity contribution in [1.29, 1.82) is 0 Å². The van der Waals surface area contributed by atoms with Gasteiger partial charge in [-0.2, -0.15) is 5.10 Å². The number of ether oxygens (including phenoxy) is 1. The van der Waals surface area contributed by atoms with Crippen LogP contribution in [0.3, 0.4) is 0 Å². The van der Waals surface area contributed by atoms with E-state index in [0.717, 1.165) is 25.1 Å². The van der Waals surface area contributed by atoms with E-state index in [1.807, 2.05) is 11.0 Å². The van der Waals surface area contributed by atoms with Crippen LogP contribution in [-0.2, 0) is 20.0 Å². The van der Waals surface area contributed by atoms with Crippen molar-refractivity contribution < 1.29 is 9.66 Å². The Bertz CT molecular complexity index is 769. The Morgan fingerprint density at radius 3 is 2.88 bits per heavy atom. The van der Waals surface area contributed by atoms with Crippen molar-refractivity contribution in [2.24, 2.45) is 7.05 Å². The lowest BCUT2D eigenvalue weighted by molar-refractivity contribution is -0.384. The first-order valence-corrected chi connectivity index (χ1v) is 8.18. The largest absolute Gasteiger partial charge is 0.494 e. The Kier molecular flexibility index (Phi) is 4.42. The number of benzene rings is 1. The molecule has 7 heteroatoms. The summed E-state index contributed by atoms with van der Waals surface area (Å²) in [5.41, 5.74) is 2.98. The van der Waals surface area contributed by atoms with Gasteiger partial charge in [-0.05, 0) is 43.0 Å². The third-order valence-electron chi connectivity index (χ3n) is 4.31. The highest BCUT2D eigenvalue weighted by molar-refractivity contribution is 5.62. The summed E-state index contributed by atoms with van der Waals surface area (Å²) in [7, 11) is 1.76. The molecule has 0 fully saturated rings. The maximum absolute atomic E-state index is 11.4. The molecule has 0 bridgehead atoms. The second-order valence-corrected chi connectivity index (χ2v) is 6.09. The van der Waals surface area contributed by atoms with E-state index >= 15 is 0 Å². The van der Waals surface area contributed by atoms with Gasteiger partial charge in [0.1, 0.15) is 11.4 Å². The van der Waals surface area contributed by atoms with Gasteiger partial charge in [-0.25, -0.2) is 4.68 Å². The molecule has 1 aliphatic rings. The molecule has 7 nitrogen and oxygen atoms in total. The highest BCUT2D eigenvalue weighted by Crippen LogP contribution is 2.34. The molecule has 0 atom stereocenters. The molecule has 0 aliphatic carbocycles. The van der Waals surface area contributed by atoms with E-state index in [1.54, 1.807) is 18.7 Å². The topological polar surface area (TPSA) is 73.4 Å². The van der Waals surface area contributed by atoms with Crippen LogP contribution in [0.5, 0.6) is 5.75 Å². The van der Waals surface area contributed by atoms with Crippen LogP contribution in [0.15, 0.2) is 18.2 Å². The normalized spacial score (nSPS) is 13.7. The maximum Gasteiger partial charge on any atom is 0.333 e. The van der Waals surface area contributed by atoms with E-state index in [1.165, 1.54) is 11.1 Å². The van der Waals surface area contributed by atoms with Gasteiger partial charge in [0.25, 0.3) is 0 Å². The summed E-state index contributed by atoms with van der Waals surface area (Å²) in [6.07, 6.45) is 1.81. The predicted octanol–water partition coefficient (Wildman–Crippen LogP) is 2.99. The Balaban J connectivity index is 1.87. The van der Waals surface area contributed by atoms with Crippen LogP contribution in [0.1, 0.15) is 30.2 Å². The summed E-state index contributed by atoms with van der Waals surface area (Å²) < 4.78 is 7.30. The average molecular weight is 330 g/mol. The molecule has 0 amide bonds. The number of rotatable bonds is 5. The van der Waals surface area contributed by atoms with Crippen molar-refractivity contribution >= 4 is 11.5 Å². The lowest BCUT2D eigenvalue weighted by Gasteiger charge is -2.30. The standard InChI is InChI=1S/C17H22N4O3/c1-4-9-24-15-6-5-14-11-20(8-7-13(14)10-15)17-16(21(22)23)12(2)18-19(17)3/h5-6,10H,4,7-9,11H2,1-3H3. The summed E-state index contributed by atoms with van der Waals surface area (Å²) in [6.45, 7) is 5.84. The number of anilines is 1. The average Bonchev–Trinajstić information content (AvgIpc) is 2.86. The van der Waals surface area contributed by atoms with Crippen molar-refractivity contribution in [2.45, 2.75) is 33.2 Å². The van der Waals surface area contributed by atoms with Crippen LogP contribution in [-0.4, -0.2) is 27.9 Å². The molecular weight excluding hydrogens is 308 g/mol. The van der Waals surface area contributed by atoms with Crippen LogP contribution < -0.4 is 9.64 Å². The quantitative estimate of drug-likeness (QED) is 0.622. The minimum Gasteiger partial charge on any atom is -0.494 e. The lowest BCUT2D eigenvalue weighted by Crippen LogP contribution is -2.32. The minimum absolute atomic E-state index is 0.101. The first kappa shape index (κ1) is 16.3. The molecule has 0 saturated carbocycles. The van der Waals surface area contributed by atoms with E-state index in [-0.39, 0.29) is 10.6 Å². The van der Waals surface area contributed by atoms with Gasteiger partial charge in [0, 0.05) is 20.1 Å². The molecule has 0 saturated heterocycles. The van der Waals surface area contributed by atoms with Gasteiger partial charge < -0.3 is 9.64 Å². The zero-order valence-electron chi connectivity index (χ0n) is 14.3. The zero-order chi connectivity index (χ0) is 17.3. The molecular formula is C17H22N4O3. The minimum atomic E-state index is -0.338. The molecule has 0 unspecified atom stereocenters. The molecule has 0 spiro atoms. The number of nitrogens with zero attached hydrogens (tertiary/aromatic N) is 4. The van der Waals surface area contributed by atoms with E-state index in [0.29, 0.717) is 24.7 Å². The lowest BCUT2D eigenvalue weighted by atomic mass is 9.99. The summed E-state index contributed by atoms with van der Waals surface area (Å²) in [6, 6.07) is 6.12. The SMILES string of the molecule is CCCOc1ccc2c(c1)CCN(c1c([N+](=O)[O-])c(C)nn1C)C2. The molecule has 1 aromatic carbocycles. The molecule has 2 aromatic rings. The van der Waals surface area contributed by atoms with Crippen molar-refractivity contribution in [1.82, 2.24) is 9.78 Å². The van der Waals surface area contributed by atoms with Gasteiger partial charge in [0.05, 0.1) is 11.5 Å². The molecule has 1 aliphatic heterocycles. The van der Waals surface area contributed by atoms with Crippen molar-refractivity contribution in [3.05, 3.63) is 45.1 Å². The fourth-order valence-electron chi connectivity index (χ4n) is 3.22. The number of aryl methyl sites for hydroxylation is 2. The predicted molar refractivity (Wildman–Crippen MR) is 91.6 cm³/mol. The van der Waals surface area contributed by atoms with E-state index in [4.69, 9.17) is 4.74 Å². The Labute approximate surface area is 141 Å². The number of fused-ring (bicyclic) bond motifs is 1. The number of hydrogen-bond acceptors (Lipinski definition) is 5. The Morgan fingerprint density at radius 1 is 1.38 bits per heavy atom. The van der Waals surface area contributed by atoms with Gasteiger partial charge in [-0.1, -0.05) is 13.0 Å². The van der Waals surface area contributed by atoms with Crippen LogP contribution >= 0.6 is 0 Å². The molecule has 1 aromatic heterocycles. The van der Waals surface area contributed by atoms with Crippen LogP contribution in [0, 0.1) is 17.0 Å². The summed E-state index contributed by atoms with van der Waals surface area (Å²) in [4.78, 5) is 13.1. The first-order chi connectivity index (χ1) is 11.5. The zero-order valence-corrected chi connectivity index (χ0v) is 14.3. The number of hydrogen-bond donors (Lipinski definition) is 0. The Morgan fingerprint density at radius 2 is 2.17 bits per heavy atom. The highest BCUT2D eigenvalue weighted by atomic mass is 16.6. The summed E-state index contributed by atoms with van der Waals surface area (Å²) in [5, 5.41) is 15.6. The second-order valence-electron chi connectivity index (χ2n) is 6.09. The van der Waals surface area contributed by atoms with Crippen LogP contribution in [0.2, 0.25) is 0 Å². The van der Waals surface area contributed by atoms with Crippen molar-refractivity contribution in [3.63, 3.8) is 0 Å². The van der Waals surface area contributed by atoms with Crippen LogP contribution in [0.25, 0.3) is 0 Å². The van der Waals surface area contributed by atoms with Gasteiger partial charge >= 0.3 is 5.69 Å². The number of nitro groups is 1. The van der Waals surface area contributed by atoms with Gasteiger partial charge in [-0.3, -0.25) is 10.1 Å².